The van der Waals surface area contributed by atoms with Crippen molar-refractivity contribution in [3.8, 4) is 5.75 Å². The average Bonchev–Trinajstić information content (AvgIpc) is 3.33. The smallest absolute Gasteiger partial charge is 0.230 e. The predicted molar refractivity (Wildman–Crippen MR) is 117 cm³/mol. The lowest BCUT2D eigenvalue weighted by Crippen LogP contribution is -2.33. The fourth-order valence-corrected chi connectivity index (χ4v) is 4.34. The molecule has 0 atom stereocenters. The predicted octanol–water partition coefficient (Wildman–Crippen LogP) is 4.46. The SMILES string of the molecule is C=CCn1c(COc2cc(C)c(Cl)c(C)c2)nnc1SCC(=O)NC1CCCC1. The summed E-state index contributed by atoms with van der Waals surface area (Å²) in [7, 11) is 0. The first-order valence-electron chi connectivity index (χ1n) is 9.82. The molecular formula is C21H27ClN4O2S. The number of benzene rings is 1. The van der Waals surface area contributed by atoms with E-state index < -0.39 is 0 Å². The van der Waals surface area contributed by atoms with E-state index in [1.54, 1.807) is 6.08 Å². The van der Waals surface area contributed by atoms with E-state index in [9.17, 15) is 4.79 Å². The number of rotatable bonds is 9. The Labute approximate surface area is 181 Å². The summed E-state index contributed by atoms with van der Waals surface area (Å²) in [6.07, 6.45) is 6.33. The summed E-state index contributed by atoms with van der Waals surface area (Å²) in [4.78, 5) is 12.2. The van der Waals surface area contributed by atoms with Crippen molar-refractivity contribution in [1.82, 2.24) is 20.1 Å². The van der Waals surface area contributed by atoms with Crippen molar-refractivity contribution in [1.29, 1.82) is 0 Å². The van der Waals surface area contributed by atoms with E-state index in [-0.39, 0.29) is 12.5 Å². The molecule has 1 heterocycles. The summed E-state index contributed by atoms with van der Waals surface area (Å²) in [6.45, 7) is 8.54. The molecule has 1 fully saturated rings. The Morgan fingerprint density at radius 2 is 2.03 bits per heavy atom. The zero-order valence-electron chi connectivity index (χ0n) is 16.9. The lowest BCUT2D eigenvalue weighted by molar-refractivity contribution is -0.119. The second-order valence-corrected chi connectivity index (χ2v) is 8.62. The Bertz CT molecular complexity index is 855. The van der Waals surface area contributed by atoms with E-state index in [1.807, 2.05) is 30.5 Å². The lowest BCUT2D eigenvalue weighted by Gasteiger charge is -2.12. The van der Waals surface area contributed by atoms with Crippen LogP contribution in [0.25, 0.3) is 0 Å². The van der Waals surface area contributed by atoms with Crippen LogP contribution in [0, 0.1) is 13.8 Å². The molecule has 6 nitrogen and oxygen atoms in total. The van der Waals surface area contributed by atoms with E-state index in [0.717, 1.165) is 34.7 Å². The third-order valence-corrected chi connectivity index (χ3v) is 6.50. The molecule has 0 radical (unpaired) electrons. The molecule has 3 rings (SSSR count). The van der Waals surface area contributed by atoms with Gasteiger partial charge in [0.1, 0.15) is 12.4 Å². The second kappa shape index (κ2) is 10.2. The zero-order chi connectivity index (χ0) is 20.8. The minimum absolute atomic E-state index is 0.0416. The van der Waals surface area contributed by atoms with Crippen LogP contribution in [0.3, 0.4) is 0 Å². The molecule has 0 aliphatic heterocycles. The molecule has 0 unspecified atom stereocenters. The van der Waals surface area contributed by atoms with Crippen LogP contribution in [0.1, 0.15) is 42.6 Å². The fraction of sp³-hybridized carbons (Fsp3) is 0.476. The lowest BCUT2D eigenvalue weighted by atomic mass is 10.1. The molecule has 29 heavy (non-hydrogen) atoms. The highest BCUT2D eigenvalue weighted by molar-refractivity contribution is 7.99. The van der Waals surface area contributed by atoms with Gasteiger partial charge in [0.2, 0.25) is 5.91 Å². The van der Waals surface area contributed by atoms with Gasteiger partial charge in [-0.3, -0.25) is 9.36 Å². The van der Waals surface area contributed by atoms with Gasteiger partial charge >= 0.3 is 0 Å². The summed E-state index contributed by atoms with van der Waals surface area (Å²) in [6, 6.07) is 4.14. The van der Waals surface area contributed by atoms with Gasteiger partial charge in [-0.25, -0.2) is 0 Å². The normalized spacial score (nSPS) is 14.2. The van der Waals surface area contributed by atoms with E-state index in [1.165, 1.54) is 24.6 Å². The highest BCUT2D eigenvalue weighted by atomic mass is 35.5. The van der Waals surface area contributed by atoms with Crippen molar-refractivity contribution < 1.29 is 9.53 Å². The van der Waals surface area contributed by atoms with E-state index in [4.69, 9.17) is 16.3 Å². The zero-order valence-corrected chi connectivity index (χ0v) is 18.5. The average molecular weight is 435 g/mol. The third-order valence-electron chi connectivity index (χ3n) is 4.94. The summed E-state index contributed by atoms with van der Waals surface area (Å²) in [5.41, 5.74) is 1.94. The highest BCUT2D eigenvalue weighted by Gasteiger charge is 2.19. The van der Waals surface area contributed by atoms with Gasteiger partial charge < -0.3 is 10.1 Å². The molecule has 1 aromatic carbocycles. The maximum atomic E-state index is 12.2. The first-order chi connectivity index (χ1) is 14.0. The largest absolute Gasteiger partial charge is 0.486 e. The van der Waals surface area contributed by atoms with Crippen LogP contribution in [-0.2, 0) is 17.9 Å². The van der Waals surface area contributed by atoms with Crippen LogP contribution < -0.4 is 10.1 Å². The topological polar surface area (TPSA) is 69.0 Å². The number of allylic oxidation sites excluding steroid dienone is 1. The number of aromatic nitrogens is 3. The summed E-state index contributed by atoms with van der Waals surface area (Å²) < 4.78 is 7.85. The summed E-state index contributed by atoms with van der Waals surface area (Å²) in [5.74, 6) is 1.79. The maximum absolute atomic E-state index is 12.2. The number of hydrogen-bond donors (Lipinski definition) is 1. The van der Waals surface area contributed by atoms with Crippen molar-refractivity contribution in [2.75, 3.05) is 5.75 Å². The Balaban J connectivity index is 1.61. The van der Waals surface area contributed by atoms with Crippen molar-refractivity contribution in [2.24, 2.45) is 0 Å². The molecule has 1 saturated carbocycles. The molecule has 1 aromatic heterocycles. The summed E-state index contributed by atoms with van der Waals surface area (Å²) in [5, 5.41) is 13.0. The van der Waals surface area contributed by atoms with Gasteiger partial charge in [-0.2, -0.15) is 0 Å². The molecule has 0 spiro atoms. The van der Waals surface area contributed by atoms with Crippen molar-refractivity contribution in [3.05, 3.63) is 46.8 Å². The first-order valence-corrected chi connectivity index (χ1v) is 11.2. The van der Waals surface area contributed by atoms with Gasteiger partial charge in [-0.05, 0) is 49.9 Å². The van der Waals surface area contributed by atoms with E-state index in [0.29, 0.717) is 29.3 Å². The number of nitrogens with zero attached hydrogens (tertiary/aromatic N) is 3. The molecule has 8 heteroatoms. The highest BCUT2D eigenvalue weighted by Crippen LogP contribution is 2.27. The van der Waals surface area contributed by atoms with Crippen molar-refractivity contribution in [3.63, 3.8) is 0 Å². The number of nitrogens with one attached hydrogen (secondary N) is 1. The van der Waals surface area contributed by atoms with Gasteiger partial charge in [0.05, 0.1) is 5.75 Å². The minimum atomic E-state index is 0.0416. The maximum Gasteiger partial charge on any atom is 0.230 e. The van der Waals surface area contributed by atoms with E-state index in [2.05, 4.69) is 22.1 Å². The minimum Gasteiger partial charge on any atom is -0.486 e. The second-order valence-electron chi connectivity index (χ2n) is 7.30. The fourth-order valence-electron chi connectivity index (χ4n) is 3.45. The van der Waals surface area contributed by atoms with Crippen LogP contribution in [0.2, 0.25) is 5.02 Å². The molecule has 1 amide bonds. The number of carbonyl (C=O) groups excluding carboxylic acids is 1. The number of amides is 1. The molecule has 0 bridgehead atoms. The van der Waals surface area contributed by atoms with Gasteiger partial charge in [-0.1, -0.05) is 42.3 Å². The van der Waals surface area contributed by atoms with Gasteiger partial charge in [0.25, 0.3) is 0 Å². The van der Waals surface area contributed by atoms with Crippen LogP contribution in [0.5, 0.6) is 5.75 Å². The number of carbonyl (C=O) groups is 1. The van der Waals surface area contributed by atoms with Gasteiger partial charge in [-0.15, -0.1) is 16.8 Å². The number of hydrogen-bond acceptors (Lipinski definition) is 5. The Kier molecular flexibility index (Phi) is 7.61. The monoisotopic (exact) mass is 434 g/mol. The number of halogens is 1. The molecule has 1 N–H and O–H groups in total. The van der Waals surface area contributed by atoms with Gasteiger partial charge in [0.15, 0.2) is 11.0 Å². The number of thioether (sulfide) groups is 1. The standard InChI is InChI=1S/C21H27ClN4O2S/c1-4-9-26-18(12-28-17-10-14(2)20(22)15(3)11-17)24-25-21(26)29-13-19(27)23-16-7-5-6-8-16/h4,10-11,16H,1,5-9,12-13H2,2-3H3,(H,23,27). The molecule has 2 aromatic rings. The molecule has 1 aliphatic carbocycles. The van der Waals surface area contributed by atoms with Crippen molar-refractivity contribution >= 4 is 29.3 Å². The Hall–Kier alpha value is -1.99. The number of ether oxygens (including phenoxy) is 1. The van der Waals surface area contributed by atoms with Crippen LogP contribution in [0.4, 0.5) is 0 Å². The van der Waals surface area contributed by atoms with E-state index >= 15 is 0 Å². The third kappa shape index (κ3) is 5.76. The Morgan fingerprint density at radius 3 is 2.69 bits per heavy atom. The van der Waals surface area contributed by atoms with Crippen LogP contribution in [-0.4, -0.2) is 32.5 Å². The number of aryl methyl sites for hydroxylation is 2. The molecule has 156 valence electrons. The summed E-state index contributed by atoms with van der Waals surface area (Å²) >= 11 is 7.61. The molecular weight excluding hydrogens is 408 g/mol. The first kappa shape index (κ1) is 21.7. The molecule has 0 saturated heterocycles. The van der Waals surface area contributed by atoms with Crippen molar-refractivity contribution in [2.45, 2.75) is 63.9 Å². The quantitative estimate of drug-likeness (QED) is 0.466. The van der Waals surface area contributed by atoms with Crippen LogP contribution in [0.15, 0.2) is 29.9 Å². The Morgan fingerprint density at radius 1 is 1.34 bits per heavy atom. The molecule has 1 aliphatic rings. The van der Waals surface area contributed by atoms with Crippen LogP contribution >= 0.6 is 23.4 Å². The van der Waals surface area contributed by atoms with Gasteiger partial charge in [0, 0.05) is 17.6 Å².